The molecular formula is C19H22BrN3O2S. The predicted octanol–water partition coefficient (Wildman–Crippen LogP) is 4.96. The number of hydrogen-bond acceptors (Lipinski definition) is 4. The minimum absolute atomic E-state index is 0.416. The smallest absolute Gasteiger partial charge is 0.191 e. The zero-order valence-corrected chi connectivity index (χ0v) is 17.2. The van der Waals surface area contributed by atoms with Crippen molar-refractivity contribution in [3.05, 3.63) is 52.5 Å². The molecule has 0 fully saturated rings. The third-order valence-corrected chi connectivity index (χ3v) is 3.98. The Morgan fingerprint density at radius 3 is 2.65 bits per heavy atom. The van der Waals surface area contributed by atoms with Crippen LogP contribution in [0, 0.1) is 0 Å². The number of thiocarbonyl (C=S) groups is 1. The van der Waals surface area contributed by atoms with E-state index in [4.69, 9.17) is 21.7 Å². The molecule has 0 radical (unpaired) electrons. The molecule has 0 aromatic heterocycles. The van der Waals surface area contributed by atoms with Crippen LogP contribution in [0.3, 0.4) is 0 Å². The SMILES string of the molecule is CCCOc1c(Br)cc(/C=N/NC(=S)Nc2ccccc2)cc1OCC. The van der Waals surface area contributed by atoms with E-state index in [0.717, 1.165) is 22.1 Å². The molecule has 0 unspecified atom stereocenters. The van der Waals surface area contributed by atoms with Crippen molar-refractivity contribution >= 4 is 45.2 Å². The van der Waals surface area contributed by atoms with Crippen LogP contribution in [0.1, 0.15) is 25.8 Å². The number of para-hydroxylation sites is 1. The number of hydrogen-bond donors (Lipinski definition) is 2. The molecule has 0 aliphatic heterocycles. The van der Waals surface area contributed by atoms with Gasteiger partial charge in [0, 0.05) is 5.69 Å². The Morgan fingerprint density at radius 1 is 1.19 bits per heavy atom. The highest BCUT2D eigenvalue weighted by molar-refractivity contribution is 9.10. The first-order valence-corrected chi connectivity index (χ1v) is 9.58. The highest BCUT2D eigenvalue weighted by atomic mass is 79.9. The van der Waals surface area contributed by atoms with Gasteiger partial charge in [-0.05, 0) is 71.3 Å². The molecule has 0 aliphatic rings. The van der Waals surface area contributed by atoms with Gasteiger partial charge in [0.2, 0.25) is 0 Å². The van der Waals surface area contributed by atoms with Gasteiger partial charge < -0.3 is 14.8 Å². The van der Waals surface area contributed by atoms with Crippen LogP contribution >= 0.6 is 28.1 Å². The molecule has 5 nitrogen and oxygen atoms in total. The van der Waals surface area contributed by atoms with E-state index >= 15 is 0 Å². The highest BCUT2D eigenvalue weighted by Gasteiger charge is 2.11. The third kappa shape index (κ3) is 6.31. The number of nitrogens with zero attached hydrogens (tertiary/aromatic N) is 1. The van der Waals surface area contributed by atoms with Crippen LogP contribution in [-0.4, -0.2) is 24.5 Å². The largest absolute Gasteiger partial charge is 0.490 e. The van der Waals surface area contributed by atoms with Crippen LogP contribution in [-0.2, 0) is 0 Å². The second kappa shape index (κ2) is 10.8. The minimum atomic E-state index is 0.416. The van der Waals surface area contributed by atoms with Gasteiger partial charge in [-0.25, -0.2) is 0 Å². The maximum Gasteiger partial charge on any atom is 0.191 e. The number of nitrogens with one attached hydrogen (secondary N) is 2. The van der Waals surface area contributed by atoms with E-state index in [0.29, 0.717) is 29.8 Å². The van der Waals surface area contributed by atoms with Gasteiger partial charge in [0.1, 0.15) is 0 Å². The molecule has 0 heterocycles. The van der Waals surface area contributed by atoms with Gasteiger partial charge in [0.15, 0.2) is 16.6 Å². The number of hydrazone groups is 1. The standard InChI is InChI=1S/C19H22BrN3O2S/c1-3-10-25-18-16(20)11-14(12-17(18)24-4-2)13-21-23-19(26)22-15-8-6-5-7-9-15/h5-9,11-13H,3-4,10H2,1-2H3,(H2,22,23,26)/b21-13+. The molecule has 7 heteroatoms. The maximum atomic E-state index is 5.77. The van der Waals surface area contributed by atoms with Crippen LogP contribution in [0.5, 0.6) is 11.5 Å². The average molecular weight is 436 g/mol. The van der Waals surface area contributed by atoms with E-state index < -0.39 is 0 Å². The monoisotopic (exact) mass is 435 g/mol. The van der Waals surface area contributed by atoms with Crippen LogP contribution in [0.2, 0.25) is 0 Å². The lowest BCUT2D eigenvalue weighted by atomic mass is 10.2. The van der Waals surface area contributed by atoms with Crippen molar-refractivity contribution in [3.63, 3.8) is 0 Å². The van der Waals surface area contributed by atoms with Crippen molar-refractivity contribution in [1.29, 1.82) is 0 Å². The van der Waals surface area contributed by atoms with Crippen molar-refractivity contribution in [2.24, 2.45) is 5.10 Å². The molecule has 0 spiro atoms. The number of ether oxygens (including phenoxy) is 2. The van der Waals surface area contributed by atoms with Crippen molar-refractivity contribution in [3.8, 4) is 11.5 Å². The summed E-state index contributed by atoms with van der Waals surface area (Å²) in [6.45, 7) is 5.19. The molecule has 0 saturated carbocycles. The molecule has 0 amide bonds. The van der Waals surface area contributed by atoms with Crippen LogP contribution in [0.4, 0.5) is 5.69 Å². The fraction of sp³-hybridized carbons (Fsp3) is 0.263. The van der Waals surface area contributed by atoms with Gasteiger partial charge in [-0.1, -0.05) is 25.1 Å². The van der Waals surface area contributed by atoms with Crippen molar-refractivity contribution < 1.29 is 9.47 Å². The molecule has 2 aromatic rings. The molecular weight excluding hydrogens is 414 g/mol. The Morgan fingerprint density at radius 2 is 1.96 bits per heavy atom. The first-order chi connectivity index (χ1) is 12.6. The molecule has 0 atom stereocenters. The third-order valence-electron chi connectivity index (χ3n) is 3.19. The zero-order valence-electron chi connectivity index (χ0n) is 14.8. The first-order valence-electron chi connectivity index (χ1n) is 8.38. The Kier molecular flexibility index (Phi) is 8.37. The molecule has 2 aromatic carbocycles. The van der Waals surface area contributed by atoms with Gasteiger partial charge in [-0.2, -0.15) is 5.10 Å². The van der Waals surface area contributed by atoms with E-state index in [9.17, 15) is 0 Å². The molecule has 26 heavy (non-hydrogen) atoms. The van der Waals surface area contributed by atoms with Gasteiger partial charge in [-0.3, -0.25) is 5.43 Å². The quantitative estimate of drug-likeness (QED) is 0.348. The lowest BCUT2D eigenvalue weighted by molar-refractivity contribution is 0.275. The summed E-state index contributed by atoms with van der Waals surface area (Å²) in [4.78, 5) is 0. The van der Waals surface area contributed by atoms with Crippen molar-refractivity contribution in [2.45, 2.75) is 20.3 Å². The number of benzene rings is 2. The van der Waals surface area contributed by atoms with Crippen molar-refractivity contribution in [1.82, 2.24) is 5.43 Å². The van der Waals surface area contributed by atoms with E-state index in [2.05, 4.69) is 38.7 Å². The van der Waals surface area contributed by atoms with E-state index in [1.807, 2.05) is 49.4 Å². The van der Waals surface area contributed by atoms with E-state index in [1.54, 1.807) is 6.21 Å². The summed E-state index contributed by atoms with van der Waals surface area (Å²) < 4.78 is 12.3. The topological polar surface area (TPSA) is 54.9 Å². The molecule has 0 aliphatic carbocycles. The van der Waals surface area contributed by atoms with Gasteiger partial charge in [0.05, 0.1) is 23.9 Å². The molecule has 0 saturated heterocycles. The summed E-state index contributed by atoms with van der Waals surface area (Å²) in [5.74, 6) is 1.39. The van der Waals surface area contributed by atoms with Crippen LogP contribution in [0.25, 0.3) is 0 Å². The molecule has 2 N–H and O–H groups in total. The summed E-state index contributed by atoms with van der Waals surface area (Å²) in [7, 11) is 0. The summed E-state index contributed by atoms with van der Waals surface area (Å²) >= 11 is 8.76. The lowest BCUT2D eigenvalue weighted by Gasteiger charge is -2.14. The zero-order chi connectivity index (χ0) is 18.8. The predicted molar refractivity (Wildman–Crippen MR) is 114 cm³/mol. The van der Waals surface area contributed by atoms with E-state index in [1.165, 1.54) is 0 Å². The van der Waals surface area contributed by atoms with Crippen LogP contribution < -0.4 is 20.2 Å². The second-order valence-corrected chi connectivity index (χ2v) is 6.56. The summed E-state index contributed by atoms with van der Waals surface area (Å²) in [5.41, 5.74) is 4.56. The Hall–Kier alpha value is -2.12. The highest BCUT2D eigenvalue weighted by Crippen LogP contribution is 2.36. The maximum absolute atomic E-state index is 5.77. The normalized spacial score (nSPS) is 10.6. The molecule has 2 rings (SSSR count). The summed E-state index contributed by atoms with van der Waals surface area (Å²) in [5, 5.41) is 7.65. The summed E-state index contributed by atoms with van der Waals surface area (Å²) in [6.07, 6.45) is 2.60. The first kappa shape index (κ1) is 20.2. The average Bonchev–Trinajstić information content (AvgIpc) is 2.62. The summed E-state index contributed by atoms with van der Waals surface area (Å²) in [6, 6.07) is 13.5. The lowest BCUT2D eigenvalue weighted by Crippen LogP contribution is -2.23. The molecule has 138 valence electrons. The molecule has 0 bridgehead atoms. The second-order valence-electron chi connectivity index (χ2n) is 5.30. The van der Waals surface area contributed by atoms with Crippen molar-refractivity contribution in [2.75, 3.05) is 18.5 Å². The van der Waals surface area contributed by atoms with Crippen LogP contribution in [0.15, 0.2) is 52.0 Å². The van der Waals surface area contributed by atoms with Gasteiger partial charge in [-0.15, -0.1) is 0 Å². The number of halogens is 1. The Bertz CT molecular complexity index is 754. The Balaban J connectivity index is 2.03. The minimum Gasteiger partial charge on any atom is -0.490 e. The number of anilines is 1. The van der Waals surface area contributed by atoms with Gasteiger partial charge >= 0.3 is 0 Å². The van der Waals surface area contributed by atoms with Gasteiger partial charge in [0.25, 0.3) is 0 Å². The fourth-order valence-corrected chi connectivity index (χ4v) is 2.86. The van der Waals surface area contributed by atoms with E-state index in [-0.39, 0.29) is 0 Å². The number of rotatable bonds is 8. The Labute approximate surface area is 167 Å². The fourth-order valence-electron chi connectivity index (χ4n) is 2.12.